The Labute approximate surface area is 128 Å². The van der Waals surface area contributed by atoms with E-state index in [1.165, 1.54) is 24.3 Å². The highest BCUT2D eigenvalue weighted by atomic mass is 19.4. The van der Waals surface area contributed by atoms with Crippen molar-refractivity contribution in [3.63, 3.8) is 0 Å². The van der Waals surface area contributed by atoms with Crippen molar-refractivity contribution < 1.29 is 22.9 Å². The van der Waals surface area contributed by atoms with E-state index in [1.807, 2.05) is 0 Å². The maximum atomic E-state index is 12.9. The molecule has 5 nitrogen and oxygen atoms in total. The van der Waals surface area contributed by atoms with E-state index in [0.717, 1.165) is 18.2 Å². The minimum atomic E-state index is -4.67. The highest BCUT2D eigenvalue weighted by Gasteiger charge is 2.34. The number of halogens is 3. The Morgan fingerprint density at radius 3 is 2.43 bits per heavy atom. The highest BCUT2D eigenvalue weighted by Crippen LogP contribution is 2.32. The van der Waals surface area contributed by atoms with Crippen LogP contribution in [0.2, 0.25) is 0 Å². The van der Waals surface area contributed by atoms with Gasteiger partial charge in [0.25, 0.3) is 11.6 Å². The predicted molar refractivity (Wildman–Crippen MR) is 77.2 cm³/mol. The monoisotopic (exact) mass is 324 g/mol. The van der Waals surface area contributed by atoms with Crippen LogP contribution < -0.4 is 5.32 Å². The van der Waals surface area contributed by atoms with Crippen molar-refractivity contribution in [1.29, 1.82) is 0 Å². The summed E-state index contributed by atoms with van der Waals surface area (Å²) < 4.78 is 38.8. The summed E-state index contributed by atoms with van der Waals surface area (Å²) in [6, 6.07) is 8.09. The molecule has 0 aliphatic carbocycles. The van der Waals surface area contributed by atoms with E-state index in [2.05, 4.69) is 5.32 Å². The first kappa shape index (κ1) is 16.5. The van der Waals surface area contributed by atoms with E-state index in [4.69, 9.17) is 0 Å². The summed E-state index contributed by atoms with van der Waals surface area (Å²) in [4.78, 5) is 22.2. The van der Waals surface area contributed by atoms with Gasteiger partial charge in [-0.25, -0.2) is 0 Å². The fourth-order valence-corrected chi connectivity index (χ4v) is 1.98. The third kappa shape index (κ3) is 3.65. The van der Waals surface area contributed by atoms with E-state index < -0.39 is 28.1 Å². The van der Waals surface area contributed by atoms with Gasteiger partial charge in [0.15, 0.2) is 0 Å². The van der Waals surface area contributed by atoms with Gasteiger partial charge in [0.05, 0.1) is 21.7 Å². The number of alkyl halides is 3. The number of non-ortho nitro benzene ring substituents is 1. The molecule has 8 heteroatoms. The number of benzene rings is 2. The fourth-order valence-electron chi connectivity index (χ4n) is 1.98. The second-order valence-electron chi connectivity index (χ2n) is 4.75. The van der Waals surface area contributed by atoms with Gasteiger partial charge in [-0.2, -0.15) is 13.2 Å². The van der Waals surface area contributed by atoms with Gasteiger partial charge in [0.1, 0.15) is 0 Å². The number of rotatable bonds is 3. The molecule has 23 heavy (non-hydrogen) atoms. The van der Waals surface area contributed by atoms with Crippen molar-refractivity contribution in [3.8, 4) is 0 Å². The average Bonchev–Trinajstić information content (AvgIpc) is 2.48. The average molecular weight is 324 g/mol. The number of carbonyl (C=O) groups is 1. The van der Waals surface area contributed by atoms with Gasteiger partial charge in [0, 0.05) is 12.1 Å². The summed E-state index contributed by atoms with van der Waals surface area (Å²) in [5, 5.41) is 13.0. The first-order chi connectivity index (χ1) is 10.7. The van der Waals surface area contributed by atoms with Gasteiger partial charge in [-0.1, -0.05) is 18.2 Å². The number of nitro groups is 1. The van der Waals surface area contributed by atoms with Gasteiger partial charge >= 0.3 is 6.18 Å². The zero-order valence-corrected chi connectivity index (χ0v) is 11.8. The summed E-state index contributed by atoms with van der Waals surface area (Å²) in [5.41, 5.74) is -1.31. The molecule has 0 atom stereocenters. The Kier molecular flexibility index (Phi) is 4.35. The van der Waals surface area contributed by atoms with Crippen LogP contribution in [-0.4, -0.2) is 10.8 Å². The minimum Gasteiger partial charge on any atom is -0.321 e. The molecule has 0 spiro atoms. The normalized spacial score (nSPS) is 11.1. The number of aryl methyl sites for hydroxylation is 1. The SMILES string of the molecule is Cc1ccc([N+](=O)[O-])cc1NC(=O)c1ccccc1C(F)(F)F. The molecule has 2 aromatic carbocycles. The fraction of sp³-hybridized carbons (Fsp3) is 0.133. The molecule has 0 unspecified atom stereocenters. The van der Waals surface area contributed by atoms with Crippen LogP contribution in [0.1, 0.15) is 21.5 Å². The zero-order valence-electron chi connectivity index (χ0n) is 11.8. The van der Waals surface area contributed by atoms with Gasteiger partial charge in [0.2, 0.25) is 0 Å². The second kappa shape index (κ2) is 6.07. The molecule has 0 aliphatic rings. The van der Waals surface area contributed by atoms with Crippen molar-refractivity contribution in [2.75, 3.05) is 5.32 Å². The van der Waals surface area contributed by atoms with E-state index in [1.54, 1.807) is 6.92 Å². The first-order valence-electron chi connectivity index (χ1n) is 6.43. The topological polar surface area (TPSA) is 72.2 Å². The van der Waals surface area contributed by atoms with Crippen LogP contribution >= 0.6 is 0 Å². The largest absolute Gasteiger partial charge is 0.417 e. The van der Waals surface area contributed by atoms with E-state index in [-0.39, 0.29) is 11.4 Å². The first-order valence-corrected chi connectivity index (χ1v) is 6.43. The Bertz CT molecular complexity index is 773. The predicted octanol–water partition coefficient (Wildman–Crippen LogP) is 4.17. The molecule has 0 saturated carbocycles. The van der Waals surface area contributed by atoms with Crippen molar-refractivity contribution in [3.05, 3.63) is 69.3 Å². The standard InChI is InChI=1S/C15H11F3N2O3/c1-9-6-7-10(20(22)23)8-13(9)19-14(21)11-4-2-3-5-12(11)15(16,17)18/h2-8H,1H3,(H,19,21). The quantitative estimate of drug-likeness (QED) is 0.680. The molecule has 0 radical (unpaired) electrons. The molecule has 0 aliphatic heterocycles. The minimum absolute atomic E-state index is 0.0844. The smallest absolute Gasteiger partial charge is 0.321 e. The summed E-state index contributed by atoms with van der Waals surface area (Å²) in [6.07, 6.45) is -4.67. The molecular formula is C15H11F3N2O3. The molecule has 2 aromatic rings. The van der Waals surface area contributed by atoms with E-state index in [9.17, 15) is 28.1 Å². The molecule has 0 saturated heterocycles. The molecule has 0 aromatic heterocycles. The van der Waals surface area contributed by atoms with Crippen LogP contribution in [0, 0.1) is 17.0 Å². The number of hydrogen-bond acceptors (Lipinski definition) is 3. The highest BCUT2D eigenvalue weighted by molar-refractivity contribution is 6.05. The third-order valence-electron chi connectivity index (χ3n) is 3.16. The number of nitrogens with zero attached hydrogens (tertiary/aromatic N) is 1. The van der Waals surface area contributed by atoms with E-state index >= 15 is 0 Å². The summed E-state index contributed by atoms with van der Waals surface area (Å²) in [7, 11) is 0. The van der Waals surface area contributed by atoms with Crippen LogP contribution in [0.3, 0.4) is 0 Å². The Morgan fingerprint density at radius 2 is 1.83 bits per heavy atom. The van der Waals surface area contributed by atoms with Crippen LogP contribution in [0.4, 0.5) is 24.5 Å². The molecule has 1 N–H and O–H groups in total. The number of nitrogens with one attached hydrogen (secondary N) is 1. The maximum absolute atomic E-state index is 12.9. The van der Waals surface area contributed by atoms with Gasteiger partial charge in [-0.15, -0.1) is 0 Å². The van der Waals surface area contributed by atoms with Crippen LogP contribution in [-0.2, 0) is 6.18 Å². The maximum Gasteiger partial charge on any atom is 0.417 e. The van der Waals surface area contributed by atoms with Crippen molar-refractivity contribution in [2.24, 2.45) is 0 Å². The zero-order chi connectivity index (χ0) is 17.2. The molecule has 120 valence electrons. The number of hydrogen-bond donors (Lipinski definition) is 1. The summed E-state index contributed by atoms with van der Waals surface area (Å²) >= 11 is 0. The number of amides is 1. The summed E-state index contributed by atoms with van der Waals surface area (Å²) in [5.74, 6) is -0.985. The van der Waals surface area contributed by atoms with Gasteiger partial charge < -0.3 is 5.32 Å². The van der Waals surface area contributed by atoms with Crippen molar-refractivity contribution in [2.45, 2.75) is 13.1 Å². The van der Waals surface area contributed by atoms with Crippen LogP contribution in [0.25, 0.3) is 0 Å². The van der Waals surface area contributed by atoms with E-state index in [0.29, 0.717) is 5.56 Å². The lowest BCUT2D eigenvalue weighted by Gasteiger charge is -2.13. The molecule has 0 heterocycles. The number of carbonyl (C=O) groups excluding carboxylic acids is 1. The third-order valence-corrected chi connectivity index (χ3v) is 3.16. The van der Waals surface area contributed by atoms with Gasteiger partial charge in [-0.05, 0) is 24.6 Å². The van der Waals surface area contributed by atoms with Crippen LogP contribution in [0.5, 0.6) is 0 Å². The lowest BCUT2D eigenvalue weighted by Crippen LogP contribution is -2.19. The lowest BCUT2D eigenvalue weighted by molar-refractivity contribution is -0.384. The molecule has 0 fully saturated rings. The Hall–Kier alpha value is -2.90. The summed E-state index contributed by atoms with van der Waals surface area (Å²) in [6.45, 7) is 1.58. The number of anilines is 1. The Balaban J connectivity index is 2.38. The molecule has 0 bridgehead atoms. The lowest BCUT2D eigenvalue weighted by atomic mass is 10.1. The van der Waals surface area contributed by atoms with Gasteiger partial charge in [-0.3, -0.25) is 14.9 Å². The van der Waals surface area contributed by atoms with Crippen molar-refractivity contribution >= 4 is 17.3 Å². The van der Waals surface area contributed by atoms with Crippen LogP contribution in [0.15, 0.2) is 42.5 Å². The van der Waals surface area contributed by atoms with Crippen molar-refractivity contribution in [1.82, 2.24) is 0 Å². The second-order valence-corrected chi connectivity index (χ2v) is 4.75. The molecule has 2 rings (SSSR count). The number of nitro benzene ring substituents is 1. The Morgan fingerprint density at radius 1 is 1.17 bits per heavy atom. The molecular weight excluding hydrogens is 313 g/mol. The molecule has 1 amide bonds.